The number of hydrogen-bond donors (Lipinski definition) is 0. The third-order valence-corrected chi connectivity index (χ3v) is 7.25. The molecular weight excluding hydrogens is 304 g/mol. The second-order valence-electron chi connectivity index (χ2n) is 6.05. The van der Waals surface area contributed by atoms with E-state index in [1.54, 1.807) is 18.0 Å². The first-order valence-electron chi connectivity index (χ1n) is 6.81. The Bertz CT molecular complexity index is 753. The van der Waals surface area contributed by atoms with Crippen molar-refractivity contribution in [1.29, 1.82) is 0 Å². The highest BCUT2D eigenvalue weighted by Gasteiger charge is 2.44. The van der Waals surface area contributed by atoms with Crippen LogP contribution in [-0.4, -0.2) is 35.2 Å². The van der Waals surface area contributed by atoms with Crippen LogP contribution in [0.5, 0.6) is 0 Å². The third-order valence-electron chi connectivity index (χ3n) is 3.57. The van der Waals surface area contributed by atoms with Crippen LogP contribution in [0.2, 0.25) is 0 Å². The summed E-state index contributed by atoms with van der Waals surface area (Å²) < 4.78 is 24.8. The summed E-state index contributed by atoms with van der Waals surface area (Å²) in [6.07, 6.45) is 3.72. The van der Waals surface area contributed by atoms with Crippen molar-refractivity contribution in [1.82, 2.24) is 9.55 Å². The Morgan fingerprint density at radius 1 is 1.38 bits per heavy atom. The van der Waals surface area contributed by atoms with Gasteiger partial charge in [-0.2, -0.15) is 0 Å². The molecule has 3 rings (SSSR count). The maximum atomic E-state index is 11.4. The molecule has 0 unspecified atom stereocenters. The number of rotatable bonds is 4. The molecule has 0 radical (unpaired) electrons. The molecule has 1 aliphatic rings. The molecule has 112 valence electrons. The smallest absolute Gasteiger partial charge is 0.172 e. The van der Waals surface area contributed by atoms with Crippen molar-refractivity contribution in [3.63, 3.8) is 0 Å². The van der Waals surface area contributed by atoms with Crippen LogP contribution in [0, 0.1) is 12.3 Å². The molecule has 0 atom stereocenters. The summed E-state index contributed by atoms with van der Waals surface area (Å²) in [5, 5.41) is 0.908. The van der Waals surface area contributed by atoms with E-state index >= 15 is 0 Å². The molecule has 0 bridgehead atoms. The number of nitrogens with zero attached hydrogens (tertiary/aromatic N) is 2. The molecule has 2 heterocycles. The van der Waals surface area contributed by atoms with E-state index < -0.39 is 9.84 Å². The predicted molar refractivity (Wildman–Crippen MR) is 85.8 cm³/mol. The van der Waals surface area contributed by atoms with Gasteiger partial charge in [-0.05, 0) is 24.6 Å². The van der Waals surface area contributed by atoms with Crippen LogP contribution < -0.4 is 0 Å². The lowest BCUT2D eigenvalue weighted by Gasteiger charge is -2.37. The summed E-state index contributed by atoms with van der Waals surface area (Å²) in [5.41, 5.74) is 2.17. The fraction of sp³-hybridized carbons (Fsp3) is 0.400. The lowest BCUT2D eigenvalue weighted by atomic mass is 9.98. The van der Waals surface area contributed by atoms with Gasteiger partial charge in [0, 0.05) is 29.2 Å². The Balaban J connectivity index is 1.75. The number of sulfone groups is 1. The molecule has 0 saturated carbocycles. The summed E-state index contributed by atoms with van der Waals surface area (Å²) in [6.45, 7) is 4.09. The van der Waals surface area contributed by atoms with Gasteiger partial charge in [-0.1, -0.05) is 30.8 Å². The van der Waals surface area contributed by atoms with Crippen LogP contribution in [0.4, 0.5) is 0 Å². The molecule has 1 saturated heterocycles. The van der Waals surface area contributed by atoms with E-state index in [0.717, 1.165) is 16.6 Å². The number of imidazole rings is 1. The predicted octanol–water partition coefficient (Wildman–Crippen LogP) is 2.71. The van der Waals surface area contributed by atoms with E-state index in [0.29, 0.717) is 0 Å². The Labute approximate surface area is 129 Å². The van der Waals surface area contributed by atoms with Crippen molar-refractivity contribution in [3.05, 3.63) is 42.2 Å². The molecule has 21 heavy (non-hydrogen) atoms. The van der Waals surface area contributed by atoms with Crippen molar-refractivity contribution in [3.8, 4) is 5.69 Å². The first-order chi connectivity index (χ1) is 9.87. The molecule has 1 fully saturated rings. The second kappa shape index (κ2) is 5.18. The molecule has 6 heteroatoms. The Morgan fingerprint density at radius 3 is 2.81 bits per heavy atom. The number of thioether (sulfide) groups is 1. The zero-order valence-corrected chi connectivity index (χ0v) is 13.7. The molecule has 0 aliphatic carbocycles. The third kappa shape index (κ3) is 3.16. The topological polar surface area (TPSA) is 52.0 Å². The average Bonchev–Trinajstić information content (AvgIpc) is 2.82. The number of hydrogen-bond acceptors (Lipinski definition) is 4. The van der Waals surface area contributed by atoms with E-state index in [1.165, 1.54) is 5.56 Å². The minimum Gasteiger partial charge on any atom is -0.295 e. The standard InChI is InChI=1S/C15H18N2O2S2/c1-12-4-3-5-13(8-12)17-7-6-16-14(17)20-9-15(2)10-21(18,19)11-15/h3-8H,9-11H2,1-2H3. The molecular formula is C15H18N2O2S2. The largest absolute Gasteiger partial charge is 0.295 e. The first kappa shape index (κ1) is 14.7. The fourth-order valence-electron chi connectivity index (χ4n) is 2.71. The Morgan fingerprint density at radius 2 is 2.14 bits per heavy atom. The van der Waals surface area contributed by atoms with E-state index in [9.17, 15) is 8.42 Å². The van der Waals surface area contributed by atoms with Crippen LogP contribution in [-0.2, 0) is 9.84 Å². The van der Waals surface area contributed by atoms with E-state index in [4.69, 9.17) is 0 Å². The molecule has 1 aromatic heterocycles. The number of benzene rings is 1. The van der Waals surface area contributed by atoms with E-state index in [2.05, 4.69) is 24.0 Å². The number of aryl methyl sites for hydroxylation is 1. The monoisotopic (exact) mass is 322 g/mol. The lowest BCUT2D eigenvalue weighted by Crippen LogP contribution is -2.48. The second-order valence-corrected chi connectivity index (χ2v) is 9.06. The molecule has 1 aliphatic heterocycles. The highest BCUT2D eigenvalue weighted by Crippen LogP contribution is 2.37. The summed E-state index contributed by atoms with van der Waals surface area (Å²) in [5.74, 6) is 1.35. The van der Waals surface area contributed by atoms with Crippen molar-refractivity contribution in [2.75, 3.05) is 17.3 Å². The van der Waals surface area contributed by atoms with Crippen molar-refractivity contribution in [2.24, 2.45) is 5.41 Å². The van der Waals surface area contributed by atoms with Gasteiger partial charge < -0.3 is 0 Å². The van der Waals surface area contributed by atoms with Crippen LogP contribution in [0.1, 0.15) is 12.5 Å². The van der Waals surface area contributed by atoms with Gasteiger partial charge in [0.15, 0.2) is 15.0 Å². The van der Waals surface area contributed by atoms with Gasteiger partial charge in [0.25, 0.3) is 0 Å². The minimum absolute atomic E-state index is 0.118. The molecule has 0 N–H and O–H groups in total. The summed E-state index contributed by atoms with van der Waals surface area (Å²) >= 11 is 1.63. The Hall–Kier alpha value is -1.27. The zero-order valence-electron chi connectivity index (χ0n) is 12.1. The van der Waals surface area contributed by atoms with Gasteiger partial charge in [-0.3, -0.25) is 4.57 Å². The molecule has 1 aromatic carbocycles. The summed E-state index contributed by atoms with van der Waals surface area (Å²) in [6, 6.07) is 8.25. The van der Waals surface area contributed by atoms with Gasteiger partial charge in [-0.25, -0.2) is 13.4 Å². The lowest BCUT2D eigenvalue weighted by molar-refractivity contribution is 0.419. The van der Waals surface area contributed by atoms with E-state index in [1.807, 2.05) is 29.8 Å². The van der Waals surface area contributed by atoms with Gasteiger partial charge in [0.1, 0.15) is 0 Å². The number of aromatic nitrogens is 2. The first-order valence-corrected chi connectivity index (χ1v) is 9.61. The van der Waals surface area contributed by atoms with Gasteiger partial charge in [-0.15, -0.1) is 0 Å². The van der Waals surface area contributed by atoms with Crippen molar-refractivity contribution in [2.45, 2.75) is 19.0 Å². The van der Waals surface area contributed by atoms with Crippen LogP contribution in [0.25, 0.3) is 5.69 Å². The average molecular weight is 322 g/mol. The summed E-state index contributed by atoms with van der Waals surface area (Å²) in [7, 11) is -2.79. The van der Waals surface area contributed by atoms with Crippen LogP contribution in [0.3, 0.4) is 0 Å². The maximum absolute atomic E-state index is 11.4. The molecule has 4 nitrogen and oxygen atoms in total. The fourth-order valence-corrected chi connectivity index (χ4v) is 6.34. The van der Waals surface area contributed by atoms with Gasteiger partial charge in [0.2, 0.25) is 0 Å². The maximum Gasteiger partial charge on any atom is 0.172 e. The molecule has 0 spiro atoms. The normalized spacial score (nSPS) is 19.1. The van der Waals surface area contributed by atoms with Gasteiger partial charge in [0.05, 0.1) is 11.5 Å². The van der Waals surface area contributed by atoms with E-state index in [-0.39, 0.29) is 16.9 Å². The van der Waals surface area contributed by atoms with Crippen molar-refractivity contribution >= 4 is 21.6 Å². The van der Waals surface area contributed by atoms with Crippen LogP contribution >= 0.6 is 11.8 Å². The zero-order chi connectivity index (χ0) is 15.1. The highest BCUT2D eigenvalue weighted by molar-refractivity contribution is 7.99. The van der Waals surface area contributed by atoms with Crippen molar-refractivity contribution < 1.29 is 8.42 Å². The molecule has 2 aromatic rings. The van der Waals surface area contributed by atoms with Gasteiger partial charge >= 0.3 is 0 Å². The Kier molecular flexibility index (Phi) is 3.61. The van der Waals surface area contributed by atoms with Crippen LogP contribution in [0.15, 0.2) is 41.8 Å². The summed E-state index contributed by atoms with van der Waals surface area (Å²) in [4.78, 5) is 4.40. The SMILES string of the molecule is Cc1cccc(-n2ccnc2SCC2(C)CS(=O)(=O)C2)c1. The highest BCUT2D eigenvalue weighted by atomic mass is 32.2. The quantitative estimate of drug-likeness (QED) is 0.812. The molecule has 0 amide bonds. The minimum atomic E-state index is -2.79.